The molecule has 0 atom stereocenters. The van der Waals surface area contributed by atoms with Gasteiger partial charge in [-0.25, -0.2) is 13.2 Å². The van der Waals surface area contributed by atoms with Crippen molar-refractivity contribution < 1.29 is 23.1 Å². The Labute approximate surface area is 132 Å². The summed E-state index contributed by atoms with van der Waals surface area (Å²) in [4.78, 5) is 10.7. The molecule has 8 heteroatoms. The number of nitrogens with one attached hydrogen (secondary N) is 1. The zero-order valence-corrected chi connectivity index (χ0v) is 13.0. The highest BCUT2D eigenvalue weighted by Crippen LogP contribution is 2.29. The minimum Gasteiger partial charge on any atom is -0.495 e. The molecule has 2 aromatic carbocycles. The molecule has 0 saturated heterocycles. The first-order valence-corrected chi connectivity index (χ1v) is 7.90. The number of benzene rings is 2. The standard InChI is InChI=1S/C14H12ClNO5S/c1-21-12-7-6-9(14(17)18)8-13(12)22(19,20)16-11-5-3-2-4-10(11)15/h2-8,16H,1H3,(H,17,18). The lowest BCUT2D eigenvalue weighted by molar-refractivity contribution is 0.0696. The van der Waals surface area contributed by atoms with E-state index in [1.54, 1.807) is 12.1 Å². The summed E-state index contributed by atoms with van der Waals surface area (Å²) in [7, 11) is -2.76. The van der Waals surface area contributed by atoms with E-state index in [0.29, 0.717) is 0 Å². The average Bonchev–Trinajstić information content (AvgIpc) is 2.48. The molecular weight excluding hydrogens is 330 g/mol. The van der Waals surface area contributed by atoms with E-state index in [-0.39, 0.29) is 26.9 Å². The molecule has 6 nitrogen and oxygen atoms in total. The maximum absolute atomic E-state index is 12.5. The van der Waals surface area contributed by atoms with Gasteiger partial charge in [-0.1, -0.05) is 23.7 Å². The summed E-state index contributed by atoms with van der Waals surface area (Å²) < 4.78 is 32.2. The van der Waals surface area contributed by atoms with Gasteiger partial charge in [0.25, 0.3) is 10.0 Å². The molecule has 2 N–H and O–H groups in total. The zero-order chi connectivity index (χ0) is 16.3. The molecule has 0 amide bonds. The van der Waals surface area contributed by atoms with Gasteiger partial charge < -0.3 is 9.84 Å². The van der Waals surface area contributed by atoms with Crippen LogP contribution in [0.15, 0.2) is 47.4 Å². The normalized spacial score (nSPS) is 11.0. The Morgan fingerprint density at radius 1 is 1.23 bits per heavy atom. The number of sulfonamides is 1. The van der Waals surface area contributed by atoms with Crippen molar-refractivity contribution in [1.82, 2.24) is 0 Å². The molecule has 22 heavy (non-hydrogen) atoms. The zero-order valence-electron chi connectivity index (χ0n) is 11.4. The number of methoxy groups -OCH3 is 1. The number of rotatable bonds is 5. The van der Waals surface area contributed by atoms with Gasteiger partial charge in [-0.15, -0.1) is 0 Å². The third-order valence-corrected chi connectivity index (χ3v) is 4.53. The summed E-state index contributed by atoms with van der Waals surface area (Å²) in [6, 6.07) is 9.87. The summed E-state index contributed by atoms with van der Waals surface area (Å²) in [6.07, 6.45) is 0. The summed E-state index contributed by atoms with van der Waals surface area (Å²) in [5.74, 6) is -1.21. The van der Waals surface area contributed by atoms with Crippen molar-refractivity contribution in [1.29, 1.82) is 0 Å². The smallest absolute Gasteiger partial charge is 0.335 e. The van der Waals surface area contributed by atoms with Crippen LogP contribution in [0, 0.1) is 0 Å². The molecule has 116 valence electrons. The lowest BCUT2D eigenvalue weighted by Gasteiger charge is -2.13. The molecule has 2 rings (SSSR count). The van der Waals surface area contributed by atoms with E-state index in [1.165, 1.54) is 31.4 Å². The third-order valence-electron chi connectivity index (χ3n) is 2.82. The second-order valence-electron chi connectivity index (χ2n) is 4.26. The highest BCUT2D eigenvalue weighted by molar-refractivity contribution is 7.92. The number of carboxylic acid groups (broad SMARTS) is 1. The number of para-hydroxylation sites is 1. The quantitative estimate of drug-likeness (QED) is 0.872. The predicted molar refractivity (Wildman–Crippen MR) is 82.2 cm³/mol. The number of carbonyl (C=O) groups is 1. The van der Waals surface area contributed by atoms with E-state index in [1.807, 2.05) is 0 Å². The average molecular weight is 342 g/mol. The number of hydrogen-bond acceptors (Lipinski definition) is 4. The maximum Gasteiger partial charge on any atom is 0.335 e. The van der Waals surface area contributed by atoms with Gasteiger partial charge in [-0.05, 0) is 30.3 Å². The Balaban J connectivity index is 2.51. The topological polar surface area (TPSA) is 92.7 Å². The van der Waals surface area contributed by atoms with Gasteiger partial charge in [0.2, 0.25) is 0 Å². The van der Waals surface area contributed by atoms with Crippen LogP contribution < -0.4 is 9.46 Å². The first-order valence-electron chi connectivity index (χ1n) is 6.04. The Morgan fingerprint density at radius 3 is 2.50 bits per heavy atom. The van der Waals surface area contributed by atoms with Gasteiger partial charge in [0, 0.05) is 0 Å². The van der Waals surface area contributed by atoms with Crippen LogP contribution in [-0.2, 0) is 10.0 Å². The van der Waals surface area contributed by atoms with Crippen molar-refractivity contribution in [3.05, 3.63) is 53.1 Å². The highest BCUT2D eigenvalue weighted by Gasteiger charge is 2.22. The number of hydrogen-bond donors (Lipinski definition) is 2. The van der Waals surface area contributed by atoms with Crippen LogP contribution in [0.4, 0.5) is 5.69 Å². The summed E-state index contributed by atoms with van der Waals surface area (Å²) in [5, 5.41) is 9.22. The van der Waals surface area contributed by atoms with E-state index in [0.717, 1.165) is 6.07 Å². The van der Waals surface area contributed by atoms with E-state index >= 15 is 0 Å². The van der Waals surface area contributed by atoms with Gasteiger partial charge in [0.1, 0.15) is 10.6 Å². The Kier molecular flexibility index (Phi) is 4.58. The van der Waals surface area contributed by atoms with E-state index in [4.69, 9.17) is 21.4 Å². The molecule has 0 fully saturated rings. The van der Waals surface area contributed by atoms with E-state index in [2.05, 4.69) is 4.72 Å². The van der Waals surface area contributed by atoms with Gasteiger partial charge in [0.05, 0.1) is 23.4 Å². The van der Waals surface area contributed by atoms with Crippen molar-refractivity contribution in [2.45, 2.75) is 4.90 Å². The second kappa shape index (κ2) is 6.25. The van der Waals surface area contributed by atoms with Crippen LogP contribution >= 0.6 is 11.6 Å². The number of anilines is 1. The van der Waals surface area contributed by atoms with Gasteiger partial charge in [-0.3, -0.25) is 4.72 Å². The molecule has 0 heterocycles. The monoisotopic (exact) mass is 341 g/mol. The number of ether oxygens (including phenoxy) is 1. The fraction of sp³-hybridized carbons (Fsp3) is 0.0714. The van der Waals surface area contributed by atoms with Crippen LogP contribution in [-0.4, -0.2) is 26.6 Å². The van der Waals surface area contributed by atoms with Crippen LogP contribution in [0.2, 0.25) is 5.02 Å². The largest absolute Gasteiger partial charge is 0.495 e. The fourth-order valence-electron chi connectivity index (χ4n) is 1.76. The molecule has 0 radical (unpaired) electrons. The summed E-state index contributed by atoms with van der Waals surface area (Å²) >= 11 is 5.92. The number of aromatic carboxylic acids is 1. The van der Waals surface area contributed by atoms with Crippen molar-refractivity contribution in [3.8, 4) is 5.75 Å². The van der Waals surface area contributed by atoms with Crippen molar-refractivity contribution in [2.24, 2.45) is 0 Å². The molecule has 0 bridgehead atoms. The maximum atomic E-state index is 12.5. The van der Waals surface area contributed by atoms with Crippen LogP contribution in [0.3, 0.4) is 0 Å². The van der Waals surface area contributed by atoms with Gasteiger partial charge >= 0.3 is 5.97 Å². The molecular formula is C14H12ClNO5S. The molecule has 0 aliphatic rings. The third kappa shape index (κ3) is 3.32. The van der Waals surface area contributed by atoms with Crippen molar-refractivity contribution in [3.63, 3.8) is 0 Å². The van der Waals surface area contributed by atoms with Gasteiger partial charge in [0.15, 0.2) is 0 Å². The van der Waals surface area contributed by atoms with E-state index < -0.39 is 16.0 Å². The molecule has 0 aromatic heterocycles. The van der Waals surface area contributed by atoms with Crippen LogP contribution in [0.25, 0.3) is 0 Å². The molecule has 0 aliphatic carbocycles. The van der Waals surface area contributed by atoms with Crippen molar-refractivity contribution in [2.75, 3.05) is 11.8 Å². The second-order valence-corrected chi connectivity index (χ2v) is 6.31. The number of carboxylic acids is 1. The number of halogens is 1. The predicted octanol–water partition coefficient (Wildman–Crippen LogP) is 2.85. The SMILES string of the molecule is COc1ccc(C(=O)O)cc1S(=O)(=O)Nc1ccccc1Cl. The first-order chi connectivity index (χ1) is 10.3. The van der Waals surface area contributed by atoms with E-state index in [9.17, 15) is 13.2 Å². The molecule has 0 aliphatic heterocycles. The molecule has 0 saturated carbocycles. The Morgan fingerprint density at radius 2 is 1.91 bits per heavy atom. The minimum absolute atomic E-state index is 0.0320. The summed E-state index contributed by atoms with van der Waals surface area (Å²) in [5.41, 5.74) is 0.0206. The van der Waals surface area contributed by atoms with Crippen LogP contribution in [0.1, 0.15) is 10.4 Å². The Bertz CT molecular complexity index is 820. The fourth-order valence-corrected chi connectivity index (χ4v) is 3.28. The van der Waals surface area contributed by atoms with Crippen LogP contribution in [0.5, 0.6) is 5.75 Å². The highest BCUT2D eigenvalue weighted by atomic mass is 35.5. The lowest BCUT2D eigenvalue weighted by atomic mass is 10.2. The molecule has 0 unspecified atom stereocenters. The van der Waals surface area contributed by atoms with Gasteiger partial charge in [-0.2, -0.15) is 0 Å². The minimum atomic E-state index is -4.06. The lowest BCUT2D eigenvalue weighted by Crippen LogP contribution is -2.15. The summed E-state index contributed by atoms with van der Waals surface area (Å²) in [6.45, 7) is 0. The molecule has 2 aromatic rings. The molecule has 0 spiro atoms. The first kappa shape index (κ1) is 16.1. The van der Waals surface area contributed by atoms with Crippen molar-refractivity contribution >= 4 is 33.3 Å². The Hall–Kier alpha value is -2.25.